The molecule has 0 bridgehead atoms. The number of hydrogen-bond acceptors (Lipinski definition) is 6. The number of aromatic nitrogens is 3. The monoisotopic (exact) mass is 366 g/mol. The van der Waals surface area contributed by atoms with Gasteiger partial charge < -0.3 is 4.74 Å². The Hall–Kier alpha value is -3.01. The van der Waals surface area contributed by atoms with Crippen LogP contribution >= 0.6 is 11.3 Å². The molecule has 10 heteroatoms. The summed E-state index contributed by atoms with van der Waals surface area (Å²) in [6.07, 6.45) is -0.130. The van der Waals surface area contributed by atoms with E-state index >= 15 is 0 Å². The quantitative estimate of drug-likeness (QED) is 0.755. The largest absolute Gasteiger partial charge is 0.456 e. The van der Waals surface area contributed by atoms with Crippen molar-refractivity contribution in [2.75, 3.05) is 5.32 Å². The van der Waals surface area contributed by atoms with Gasteiger partial charge in [0, 0.05) is 23.8 Å². The molecule has 25 heavy (non-hydrogen) atoms. The van der Waals surface area contributed by atoms with Crippen molar-refractivity contribution in [1.82, 2.24) is 15.0 Å². The molecule has 1 N–H and O–H groups in total. The molecule has 0 fully saturated rings. The Kier molecular flexibility index (Phi) is 4.61. The fourth-order valence-corrected chi connectivity index (χ4v) is 2.48. The molecule has 0 radical (unpaired) electrons. The minimum absolute atomic E-state index is 0.0230. The second-order valence-corrected chi connectivity index (χ2v) is 5.52. The van der Waals surface area contributed by atoms with Crippen molar-refractivity contribution >= 4 is 22.4 Å². The molecular weight excluding hydrogens is 357 g/mol. The summed E-state index contributed by atoms with van der Waals surface area (Å²) in [5, 5.41) is 2.94. The van der Waals surface area contributed by atoms with Crippen molar-refractivity contribution in [3.8, 4) is 11.5 Å². The average Bonchev–Trinajstić information content (AvgIpc) is 3.05. The Morgan fingerprint density at radius 3 is 2.72 bits per heavy atom. The fourth-order valence-electron chi connectivity index (χ4n) is 1.76. The van der Waals surface area contributed by atoms with Gasteiger partial charge in [-0.05, 0) is 18.2 Å². The lowest BCUT2D eigenvalue weighted by Crippen LogP contribution is -2.14. The van der Waals surface area contributed by atoms with Gasteiger partial charge >= 0.3 is 6.18 Å². The van der Waals surface area contributed by atoms with E-state index in [4.69, 9.17) is 4.74 Å². The first-order valence-electron chi connectivity index (χ1n) is 6.80. The third kappa shape index (κ3) is 4.29. The van der Waals surface area contributed by atoms with E-state index in [0.29, 0.717) is 22.8 Å². The summed E-state index contributed by atoms with van der Waals surface area (Å²) >= 11 is 0.676. The highest BCUT2D eigenvalue weighted by molar-refractivity contribution is 7.14. The molecule has 0 spiro atoms. The van der Waals surface area contributed by atoms with E-state index < -0.39 is 17.8 Å². The van der Waals surface area contributed by atoms with Gasteiger partial charge in [0.25, 0.3) is 5.91 Å². The number of anilines is 1. The Labute approximate surface area is 143 Å². The Balaban J connectivity index is 1.72. The van der Waals surface area contributed by atoms with Crippen LogP contribution < -0.4 is 10.1 Å². The van der Waals surface area contributed by atoms with Crippen LogP contribution in [-0.4, -0.2) is 20.9 Å². The van der Waals surface area contributed by atoms with E-state index in [1.54, 1.807) is 18.3 Å². The van der Waals surface area contributed by atoms with Crippen LogP contribution in [0.4, 0.5) is 18.3 Å². The number of carbonyl (C=O) groups excluding carboxylic acids is 1. The minimum Gasteiger partial charge on any atom is -0.456 e. The summed E-state index contributed by atoms with van der Waals surface area (Å²) in [5.74, 6) is 0.109. The van der Waals surface area contributed by atoms with Gasteiger partial charge in [-0.15, -0.1) is 11.3 Å². The van der Waals surface area contributed by atoms with Crippen molar-refractivity contribution in [3.05, 3.63) is 59.6 Å². The molecular formula is C15H9F3N4O2S. The number of pyridine rings is 2. The van der Waals surface area contributed by atoms with Crippen LogP contribution in [0.2, 0.25) is 0 Å². The highest BCUT2D eigenvalue weighted by Gasteiger charge is 2.34. The van der Waals surface area contributed by atoms with Gasteiger partial charge in [-0.3, -0.25) is 20.1 Å². The summed E-state index contributed by atoms with van der Waals surface area (Å²) in [7, 11) is 0. The zero-order chi connectivity index (χ0) is 17.9. The fraction of sp³-hybridized carbons (Fsp3) is 0.0667. The molecule has 0 aliphatic carbocycles. The maximum atomic E-state index is 12.5. The van der Waals surface area contributed by atoms with Crippen LogP contribution in [0.1, 0.15) is 16.2 Å². The molecule has 6 nitrogen and oxygen atoms in total. The third-order valence-electron chi connectivity index (χ3n) is 2.85. The molecule has 0 unspecified atom stereocenters. The van der Waals surface area contributed by atoms with Crippen LogP contribution in [-0.2, 0) is 6.18 Å². The van der Waals surface area contributed by atoms with Crippen molar-refractivity contribution in [2.24, 2.45) is 0 Å². The molecule has 0 aliphatic heterocycles. The SMILES string of the molecule is O=C(Nc1nc(C(F)(F)F)cs1)c1cc(Oc2cccnc2)ccn1. The molecule has 0 atom stereocenters. The van der Waals surface area contributed by atoms with Gasteiger partial charge in [0.05, 0.1) is 6.20 Å². The number of rotatable bonds is 4. The number of hydrogen-bond donors (Lipinski definition) is 1. The van der Waals surface area contributed by atoms with Crippen LogP contribution in [0, 0.1) is 0 Å². The van der Waals surface area contributed by atoms with E-state index in [9.17, 15) is 18.0 Å². The van der Waals surface area contributed by atoms with E-state index in [2.05, 4.69) is 20.3 Å². The predicted octanol–water partition coefficient (Wildman–Crippen LogP) is 4.00. The molecule has 0 aromatic carbocycles. The summed E-state index contributed by atoms with van der Waals surface area (Å²) in [5.41, 5.74) is -1.08. The van der Waals surface area contributed by atoms with E-state index in [1.165, 1.54) is 24.5 Å². The Morgan fingerprint density at radius 2 is 2.04 bits per heavy atom. The second-order valence-electron chi connectivity index (χ2n) is 4.66. The number of ether oxygens (including phenoxy) is 1. The topological polar surface area (TPSA) is 77.0 Å². The average molecular weight is 366 g/mol. The van der Waals surface area contributed by atoms with Crippen molar-refractivity contribution in [2.45, 2.75) is 6.18 Å². The number of halogens is 3. The molecule has 3 aromatic rings. The lowest BCUT2D eigenvalue weighted by Gasteiger charge is -2.06. The lowest BCUT2D eigenvalue weighted by atomic mass is 10.3. The van der Waals surface area contributed by atoms with Gasteiger partial charge in [-0.1, -0.05) is 0 Å². The first kappa shape index (κ1) is 16.8. The Bertz CT molecular complexity index is 884. The number of thiazole rings is 1. The first-order valence-corrected chi connectivity index (χ1v) is 7.68. The second kappa shape index (κ2) is 6.85. The number of carbonyl (C=O) groups is 1. The van der Waals surface area contributed by atoms with Crippen LogP contribution in [0.3, 0.4) is 0 Å². The molecule has 0 saturated heterocycles. The molecule has 3 rings (SSSR count). The van der Waals surface area contributed by atoms with Crippen molar-refractivity contribution < 1.29 is 22.7 Å². The molecule has 3 heterocycles. The number of alkyl halides is 3. The van der Waals surface area contributed by atoms with Gasteiger partial charge in [0.15, 0.2) is 10.8 Å². The van der Waals surface area contributed by atoms with Crippen molar-refractivity contribution in [3.63, 3.8) is 0 Å². The molecule has 1 amide bonds. The van der Waals surface area contributed by atoms with E-state index in [1.807, 2.05) is 0 Å². The van der Waals surface area contributed by atoms with Crippen LogP contribution in [0.15, 0.2) is 48.2 Å². The van der Waals surface area contributed by atoms with Gasteiger partial charge in [0.2, 0.25) is 0 Å². The summed E-state index contributed by atoms with van der Waals surface area (Å²) in [4.78, 5) is 23.2. The minimum atomic E-state index is -4.56. The normalized spacial score (nSPS) is 11.2. The standard InChI is InChI=1S/C15H9F3N4O2S/c16-15(17,18)12-8-25-14(21-12)22-13(23)11-6-9(3-5-20-11)24-10-2-1-4-19-7-10/h1-8H,(H,21,22,23). The summed E-state index contributed by atoms with van der Waals surface area (Å²) in [6, 6.07) is 6.27. The van der Waals surface area contributed by atoms with Crippen LogP contribution in [0.25, 0.3) is 0 Å². The van der Waals surface area contributed by atoms with Gasteiger partial charge in [0.1, 0.15) is 17.2 Å². The zero-order valence-corrected chi connectivity index (χ0v) is 13.1. The Morgan fingerprint density at radius 1 is 1.20 bits per heavy atom. The number of amides is 1. The van der Waals surface area contributed by atoms with E-state index in [-0.39, 0.29) is 10.8 Å². The first-order chi connectivity index (χ1) is 11.9. The van der Waals surface area contributed by atoms with E-state index in [0.717, 1.165) is 5.38 Å². The van der Waals surface area contributed by atoms with Gasteiger partial charge in [-0.2, -0.15) is 13.2 Å². The predicted molar refractivity (Wildman–Crippen MR) is 83.6 cm³/mol. The van der Waals surface area contributed by atoms with Crippen molar-refractivity contribution in [1.29, 1.82) is 0 Å². The molecule has 128 valence electrons. The van der Waals surface area contributed by atoms with Crippen LogP contribution in [0.5, 0.6) is 11.5 Å². The highest BCUT2D eigenvalue weighted by atomic mass is 32.1. The third-order valence-corrected chi connectivity index (χ3v) is 3.61. The van der Waals surface area contributed by atoms with Gasteiger partial charge in [-0.25, -0.2) is 4.98 Å². The summed E-state index contributed by atoms with van der Waals surface area (Å²) in [6.45, 7) is 0. The number of nitrogens with zero attached hydrogens (tertiary/aromatic N) is 3. The molecule has 0 saturated carbocycles. The highest BCUT2D eigenvalue weighted by Crippen LogP contribution is 2.31. The maximum absolute atomic E-state index is 12.5. The summed E-state index contributed by atoms with van der Waals surface area (Å²) < 4.78 is 43.1. The zero-order valence-electron chi connectivity index (χ0n) is 12.3. The maximum Gasteiger partial charge on any atom is 0.434 e. The lowest BCUT2D eigenvalue weighted by molar-refractivity contribution is -0.140. The smallest absolute Gasteiger partial charge is 0.434 e. The molecule has 3 aromatic heterocycles. The molecule has 0 aliphatic rings. The number of nitrogens with one attached hydrogen (secondary N) is 1.